The summed E-state index contributed by atoms with van der Waals surface area (Å²) in [6.07, 6.45) is 0.882. The Balaban J connectivity index is 1.94. The molecule has 0 spiro atoms. The summed E-state index contributed by atoms with van der Waals surface area (Å²) in [5.41, 5.74) is 2.06. The molecular weight excluding hydrogens is 298 g/mol. The van der Waals surface area contributed by atoms with Gasteiger partial charge in [0.15, 0.2) is 0 Å². The van der Waals surface area contributed by atoms with Gasteiger partial charge in [-0.25, -0.2) is 9.97 Å². The van der Waals surface area contributed by atoms with Gasteiger partial charge in [0.2, 0.25) is 12.2 Å². The molecule has 1 aromatic heterocycles. The summed E-state index contributed by atoms with van der Waals surface area (Å²) in [5, 5.41) is 4.05. The highest BCUT2D eigenvalue weighted by Gasteiger charge is 2.27. The van der Waals surface area contributed by atoms with Crippen LogP contribution in [0.4, 0.5) is 0 Å². The summed E-state index contributed by atoms with van der Waals surface area (Å²) in [4.78, 5) is 13.1. The highest BCUT2D eigenvalue weighted by Crippen LogP contribution is 2.27. The van der Waals surface area contributed by atoms with E-state index in [0.29, 0.717) is 30.6 Å². The molecule has 1 aliphatic heterocycles. The molecule has 3 rings (SSSR count). The minimum Gasteiger partial charge on any atom is -0.438 e. The zero-order chi connectivity index (χ0) is 16.1. The van der Waals surface area contributed by atoms with Crippen LogP contribution in [0.15, 0.2) is 41.8 Å². The van der Waals surface area contributed by atoms with Crippen molar-refractivity contribution in [1.29, 1.82) is 0 Å². The second kappa shape index (κ2) is 7.17. The molecule has 1 aromatic carbocycles. The number of hydrogen-bond acceptors (Lipinski definition) is 7. The number of nitrogens with zero attached hydrogens (tertiary/aromatic N) is 3. The molecular formula is C16H17N3O4. The fraction of sp³-hybridized carbons (Fsp3) is 0.312. The molecule has 23 heavy (non-hydrogen) atoms. The molecule has 1 aliphatic rings. The van der Waals surface area contributed by atoms with E-state index >= 15 is 0 Å². The van der Waals surface area contributed by atoms with Crippen molar-refractivity contribution in [1.82, 2.24) is 9.97 Å². The lowest BCUT2D eigenvalue weighted by atomic mass is 10.1. The lowest BCUT2D eigenvalue weighted by Crippen LogP contribution is -2.23. The number of benzene rings is 1. The fourth-order valence-electron chi connectivity index (χ4n) is 2.20. The predicted molar refractivity (Wildman–Crippen MR) is 82.5 cm³/mol. The molecule has 1 saturated heterocycles. The number of aryl methyl sites for hydroxylation is 1. The summed E-state index contributed by atoms with van der Waals surface area (Å²) in [7, 11) is 1.48. The third kappa shape index (κ3) is 3.64. The van der Waals surface area contributed by atoms with E-state index in [1.165, 1.54) is 13.4 Å². The van der Waals surface area contributed by atoms with E-state index in [0.717, 1.165) is 11.3 Å². The van der Waals surface area contributed by atoms with Crippen LogP contribution in [0.5, 0.6) is 11.6 Å². The van der Waals surface area contributed by atoms with Gasteiger partial charge in [0.05, 0.1) is 13.2 Å². The van der Waals surface area contributed by atoms with Gasteiger partial charge >= 0.3 is 0 Å². The van der Waals surface area contributed by atoms with E-state index < -0.39 is 6.29 Å². The van der Waals surface area contributed by atoms with E-state index in [2.05, 4.69) is 15.1 Å². The normalized spacial score (nSPS) is 15.7. The van der Waals surface area contributed by atoms with Gasteiger partial charge in [0.1, 0.15) is 24.9 Å². The number of aromatic nitrogens is 2. The summed E-state index contributed by atoms with van der Waals surface area (Å²) < 4.78 is 16.9. The van der Waals surface area contributed by atoms with Crippen LogP contribution in [0, 0.1) is 6.92 Å². The second-order valence-corrected chi connectivity index (χ2v) is 4.83. The first-order chi connectivity index (χ1) is 11.3. The molecule has 1 fully saturated rings. The predicted octanol–water partition coefficient (Wildman–Crippen LogP) is 2.30. The van der Waals surface area contributed by atoms with Gasteiger partial charge in [-0.05, 0) is 19.1 Å². The molecule has 0 N–H and O–H groups in total. The minimum absolute atomic E-state index is 0.454. The molecule has 0 saturated carbocycles. The number of ether oxygens (including phenoxy) is 3. The monoisotopic (exact) mass is 315 g/mol. The Kier molecular flexibility index (Phi) is 4.80. The average Bonchev–Trinajstić information content (AvgIpc) is 3.08. The van der Waals surface area contributed by atoms with Crippen LogP contribution in [0.25, 0.3) is 0 Å². The summed E-state index contributed by atoms with van der Waals surface area (Å²) >= 11 is 0. The first kappa shape index (κ1) is 15.4. The zero-order valence-electron chi connectivity index (χ0n) is 12.9. The minimum atomic E-state index is -0.577. The summed E-state index contributed by atoms with van der Waals surface area (Å²) in [6, 6.07) is 9.20. The Hall–Kier alpha value is -2.51. The first-order valence-electron chi connectivity index (χ1n) is 7.18. The third-order valence-electron chi connectivity index (χ3n) is 3.19. The molecule has 2 aromatic rings. The maximum atomic E-state index is 5.88. The van der Waals surface area contributed by atoms with Crippen LogP contribution in [0.1, 0.15) is 11.3 Å². The first-order valence-corrected chi connectivity index (χ1v) is 7.18. The Morgan fingerprint density at radius 1 is 1.22 bits per heavy atom. The van der Waals surface area contributed by atoms with Crippen molar-refractivity contribution in [2.75, 3.05) is 20.3 Å². The van der Waals surface area contributed by atoms with Gasteiger partial charge in [-0.15, -0.1) is 0 Å². The number of oxime groups is 1. The van der Waals surface area contributed by atoms with Crippen molar-refractivity contribution in [3.05, 3.63) is 47.9 Å². The summed E-state index contributed by atoms with van der Waals surface area (Å²) in [5.74, 6) is 1.04. The molecule has 0 bridgehead atoms. The molecule has 0 radical (unpaired) electrons. The van der Waals surface area contributed by atoms with Gasteiger partial charge in [0.25, 0.3) is 0 Å². The zero-order valence-corrected chi connectivity index (χ0v) is 12.9. The van der Waals surface area contributed by atoms with Crippen molar-refractivity contribution in [2.24, 2.45) is 5.16 Å². The molecule has 7 heteroatoms. The molecule has 2 heterocycles. The van der Waals surface area contributed by atoms with Gasteiger partial charge in [-0.1, -0.05) is 17.3 Å². The molecule has 0 amide bonds. The van der Waals surface area contributed by atoms with Gasteiger partial charge in [-0.2, -0.15) is 0 Å². The number of para-hydroxylation sites is 1. The van der Waals surface area contributed by atoms with Gasteiger partial charge < -0.3 is 19.0 Å². The van der Waals surface area contributed by atoms with E-state index in [1.54, 1.807) is 6.07 Å². The Bertz CT molecular complexity index is 699. The van der Waals surface area contributed by atoms with Crippen molar-refractivity contribution in [3.8, 4) is 11.6 Å². The number of hydrogen-bond donors (Lipinski definition) is 0. The van der Waals surface area contributed by atoms with Crippen LogP contribution in [0.3, 0.4) is 0 Å². The summed E-state index contributed by atoms with van der Waals surface area (Å²) in [6.45, 7) is 2.90. The smallest absolute Gasteiger partial charge is 0.222 e. The standard InChI is InChI=1S/C16H17N3O4/c1-11-9-14(18-10-17-11)23-13-6-4-3-5-12(13)15(19-20-2)16-21-7-8-22-16/h3-6,9-10,16H,7-8H2,1-2H3/b19-15+. The molecule has 0 aliphatic carbocycles. The largest absolute Gasteiger partial charge is 0.438 e. The lowest BCUT2D eigenvalue weighted by molar-refractivity contribution is 0.0120. The van der Waals surface area contributed by atoms with Gasteiger partial charge in [0, 0.05) is 17.3 Å². The Morgan fingerprint density at radius 2 is 2.00 bits per heavy atom. The average molecular weight is 315 g/mol. The SMILES string of the molecule is CO/N=C(\c1ccccc1Oc1cc(C)ncn1)C1OCCO1. The van der Waals surface area contributed by atoms with Crippen molar-refractivity contribution < 1.29 is 19.0 Å². The highest BCUT2D eigenvalue weighted by atomic mass is 16.7. The van der Waals surface area contributed by atoms with Crippen LogP contribution in [-0.2, 0) is 14.3 Å². The second-order valence-electron chi connectivity index (χ2n) is 4.83. The Morgan fingerprint density at radius 3 is 2.74 bits per heavy atom. The van der Waals surface area contributed by atoms with E-state index in [1.807, 2.05) is 31.2 Å². The van der Waals surface area contributed by atoms with Gasteiger partial charge in [-0.3, -0.25) is 0 Å². The maximum Gasteiger partial charge on any atom is 0.222 e. The highest BCUT2D eigenvalue weighted by molar-refractivity contribution is 6.05. The molecule has 0 atom stereocenters. The maximum absolute atomic E-state index is 5.88. The van der Waals surface area contributed by atoms with Crippen molar-refractivity contribution >= 4 is 5.71 Å². The fourth-order valence-corrected chi connectivity index (χ4v) is 2.20. The van der Waals surface area contributed by atoms with E-state index in [9.17, 15) is 0 Å². The van der Waals surface area contributed by atoms with Crippen molar-refractivity contribution in [3.63, 3.8) is 0 Å². The molecule has 7 nitrogen and oxygen atoms in total. The third-order valence-corrected chi connectivity index (χ3v) is 3.19. The Labute approximate surface area is 133 Å². The topological polar surface area (TPSA) is 75.1 Å². The number of rotatable bonds is 5. The molecule has 120 valence electrons. The van der Waals surface area contributed by atoms with Crippen LogP contribution < -0.4 is 4.74 Å². The quantitative estimate of drug-likeness (QED) is 0.622. The lowest BCUT2D eigenvalue weighted by Gasteiger charge is -2.15. The van der Waals surface area contributed by atoms with Crippen LogP contribution in [0.2, 0.25) is 0 Å². The molecule has 0 unspecified atom stereocenters. The van der Waals surface area contributed by atoms with E-state index in [-0.39, 0.29) is 0 Å². The van der Waals surface area contributed by atoms with E-state index in [4.69, 9.17) is 19.0 Å². The van der Waals surface area contributed by atoms with Crippen LogP contribution >= 0.6 is 0 Å². The van der Waals surface area contributed by atoms with Crippen molar-refractivity contribution in [2.45, 2.75) is 13.2 Å². The van der Waals surface area contributed by atoms with Crippen LogP contribution in [-0.4, -0.2) is 42.3 Å².